The van der Waals surface area contributed by atoms with Crippen molar-refractivity contribution in [3.8, 4) is 0 Å². The number of aryl methyl sites for hydroxylation is 2. The Bertz CT molecular complexity index is 1010. The fourth-order valence-electron chi connectivity index (χ4n) is 3.39. The van der Waals surface area contributed by atoms with Crippen molar-refractivity contribution in [2.24, 2.45) is 0 Å². The lowest BCUT2D eigenvalue weighted by Gasteiger charge is -2.30. The molecule has 2 amide bonds. The molecule has 2 aromatic carbocycles. The Balaban J connectivity index is 1.80. The maximum absolute atomic E-state index is 13.4. The third-order valence-electron chi connectivity index (χ3n) is 5.20. The van der Waals surface area contributed by atoms with Crippen LogP contribution in [0.15, 0.2) is 71.1 Å². The Morgan fingerprint density at radius 3 is 2.13 bits per heavy atom. The van der Waals surface area contributed by atoms with E-state index in [4.69, 9.17) is 4.42 Å². The van der Waals surface area contributed by atoms with Crippen molar-refractivity contribution in [2.75, 3.05) is 6.54 Å². The third kappa shape index (κ3) is 6.07. The van der Waals surface area contributed by atoms with Crippen LogP contribution < -0.4 is 0 Å². The summed E-state index contributed by atoms with van der Waals surface area (Å²) in [4.78, 5) is 29.8. The van der Waals surface area contributed by atoms with Crippen molar-refractivity contribution in [1.82, 2.24) is 9.80 Å². The smallest absolute Gasteiger partial charge is 0.254 e. The topological polar surface area (TPSA) is 53.8 Å². The standard InChI is InChI=1S/C26H30N2O3/c1-19(2)28(26(30)23-13-10-20(3)11-14-23)18-25(29)27(16-22-8-6-5-7-9-22)17-24-15-12-21(4)31-24/h5-15,19H,16-18H2,1-4H3. The van der Waals surface area contributed by atoms with Gasteiger partial charge in [-0.05, 0) is 57.5 Å². The number of hydrogen-bond acceptors (Lipinski definition) is 3. The molecule has 0 unspecified atom stereocenters. The summed E-state index contributed by atoms with van der Waals surface area (Å²) in [7, 11) is 0. The summed E-state index contributed by atoms with van der Waals surface area (Å²) in [5, 5.41) is 0. The van der Waals surface area contributed by atoms with Crippen LogP contribution >= 0.6 is 0 Å². The van der Waals surface area contributed by atoms with Crippen LogP contribution in [0.1, 0.15) is 46.9 Å². The summed E-state index contributed by atoms with van der Waals surface area (Å²) >= 11 is 0. The molecular formula is C26H30N2O3. The van der Waals surface area contributed by atoms with Gasteiger partial charge in [0.05, 0.1) is 6.54 Å². The van der Waals surface area contributed by atoms with Gasteiger partial charge < -0.3 is 14.2 Å². The van der Waals surface area contributed by atoms with Gasteiger partial charge in [0.1, 0.15) is 18.1 Å². The molecule has 3 aromatic rings. The van der Waals surface area contributed by atoms with Gasteiger partial charge in [0, 0.05) is 18.2 Å². The fourth-order valence-corrected chi connectivity index (χ4v) is 3.39. The van der Waals surface area contributed by atoms with E-state index in [2.05, 4.69) is 0 Å². The molecule has 1 aromatic heterocycles. The van der Waals surface area contributed by atoms with Crippen LogP contribution in [-0.4, -0.2) is 34.2 Å². The summed E-state index contributed by atoms with van der Waals surface area (Å²) in [5.41, 5.74) is 2.70. The monoisotopic (exact) mass is 418 g/mol. The average molecular weight is 419 g/mol. The molecule has 31 heavy (non-hydrogen) atoms. The molecule has 3 rings (SSSR count). The van der Waals surface area contributed by atoms with Crippen molar-refractivity contribution < 1.29 is 14.0 Å². The van der Waals surface area contributed by atoms with E-state index in [0.29, 0.717) is 18.7 Å². The van der Waals surface area contributed by atoms with E-state index in [1.165, 1.54) is 0 Å². The molecule has 0 saturated heterocycles. The van der Waals surface area contributed by atoms with Gasteiger partial charge in [-0.25, -0.2) is 0 Å². The molecule has 0 N–H and O–H groups in total. The summed E-state index contributed by atoms with van der Waals surface area (Å²) in [6, 6.07) is 21.0. The summed E-state index contributed by atoms with van der Waals surface area (Å²) in [5.74, 6) is 1.27. The molecule has 0 aliphatic heterocycles. The minimum atomic E-state index is -0.142. The molecule has 162 valence electrons. The van der Waals surface area contributed by atoms with Crippen LogP contribution in [0.4, 0.5) is 0 Å². The molecule has 0 fully saturated rings. The average Bonchev–Trinajstić information content (AvgIpc) is 3.16. The lowest BCUT2D eigenvalue weighted by molar-refractivity contribution is -0.133. The van der Waals surface area contributed by atoms with Gasteiger partial charge in [-0.15, -0.1) is 0 Å². The Hall–Kier alpha value is -3.34. The van der Waals surface area contributed by atoms with Crippen LogP contribution in [0.5, 0.6) is 0 Å². The Kier molecular flexibility index (Phi) is 7.29. The molecule has 0 radical (unpaired) electrons. The van der Waals surface area contributed by atoms with Gasteiger partial charge in [0.2, 0.25) is 5.91 Å². The zero-order valence-electron chi connectivity index (χ0n) is 18.7. The highest BCUT2D eigenvalue weighted by Gasteiger charge is 2.25. The van der Waals surface area contributed by atoms with E-state index in [1.807, 2.05) is 94.4 Å². The highest BCUT2D eigenvalue weighted by atomic mass is 16.3. The molecule has 0 aliphatic rings. The first-order chi connectivity index (χ1) is 14.8. The van der Waals surface area contributed by atoms with E-state index in [0.717, 1.165) is 22.6 Å². The second-order valence-corrected chi connectivity index (χ2v) is 8.14. The minimum absolute atomic E-state index is 0.0108. The van der Waals surface area contributed by atoms with Crippen molar-refractivity contribution in [3.05, 3.63) is 94.9 Å². The molecule has 1 heterocycles. The van der Waals surface area contributed by atoms with Gasteiger partial charge in [-0.3, -0.25) is 9.59 Å². The van der Waals surface area contributed by atoms with E-state index in [1.54, 1.807) is 9.80 Å². The van der Waals surface area contributed by atoms with Crippen LogP contribution in [0.2, 0.25) is 0 Å². The lowest BCUT2D eigenvalue weighted by Crippen LogP contribution is -2.45. The minimum Gasteiger partial charge on any atom is -0.464 e. The maximum atomic E-state index is 13.4. The number of nitrogens with zero attached hydrogens (tertiary/aromatic N) is 2. The first-order valence-electron chi connectivity index (χ1n) is 10.6. The number of amides is 2. The van der Waals surface area contributed by atoms with Gasteiger partial charge in [0.25, 0.3) is 5.91 Å². The quantitative estimate of drug-likeness (QED) is 0.519. The molecule has 5 nitrogen and oxygen atoms in total. The lowest BCUT2D eigenvalue weighted by atomic mass is 10.1. The first kappa shape index (κ1) is 22.3. The number of hydrogen-bond donors (Lipinski definition) is 0. The van der Waals surface area contributed by atoms with Gasteiger partial charge in [0.15, 0.2) is 0 Å². The summed E-state index contributed by atoms with van der Waals surface area (Å²) < 4.78 is 5.71. The van der Waals surface area contributed by atoms with Crippen LogP contribution in [0.3, 0.4) is 0 Å². The predicted octanol–water partition coefficient (Wildman–Crippen LogP) is 4.98. The fraction of sp³-hybridized carbons (Fsp3) is 0.308. The van der Waals surface area contributed by atoms with Gasteiger partial charge >= 0.3 is 0 Å². The predicted molar refractivity (Wildman–Crippen MR) is 121 cm³/mol. The zero-order valence-corrected chi connectivity index (χ0v) is 18.7. The molecule has 0 bridgehead atoms. The number of carbonyl (C=O) groups is 2. The van der Waals surface area contributed by atoms with E-state index in [9.17, 15) is 9.59 Å². The third-order valence-corrected chi connectivity index (χ3v) is 5.20. The Morgan fingerprint density at radius 2 is 1.55 bits per heavy atom. The highest BCUT2D eigenvalue weighted by molar-refractivity contribution is 5.96. The normalized spacial score (nSPS) is 10.9. The SMILES string of the molecule is Cc1ccc(C(=O)N(CC(=O)N(Cc2ccccc2)Cc2ccc(C)o2)C(C)C)cc1. The number of rotatable bonds is 8. The molecule has 5 heteroatoms. The van der Waals surface area contributed by atoms with E-state index < -0.39 is 0 Å². The van der Waals surface area contributed by atoms with Crippen LogP contribution in [0.25, 0.3) is 0 Å². The zero-order chi connectivity index (χ0) is 22.4. The highest BCUT2D eigenvalue weighted by Crippen LogP contribution is 2.16. The van der Waals surface area contributed by atoms with Crippen molar-refractivity contribution in [1.29, 1.82) is 0 Å². The summed E-state index contributed by atoms with van der Waals surface area (Å²) in [6.45, 7) is 8.53. The largest absolute Gasteiger partial charge is 0.464 e. The number of carbonyl (C=O) groups excluding carboxylic acids is 2. The first-order valence-corrected chi connectivity index (χ1v) is 10.6. The molecular weight excluding hydrogens is 388 g/mol. The maximum Gasteiger partial charge on any atom is 0.254 e. The van der Waals surface area contributed by atoms with Gasteiger partial charge in [-0.1, -0.05) is 48.0 Å². The van der Waals surface area contributed by atoms with Crippen LogP contribution in [0, 0.1) is 13.8 Å². The second-order valence-electron chi connectivity index (χ2n) is 8.14. The van der Waals surface area contributed by atoms with Crippen molar-refractivity contribution in [2.45, 2.75) is 46.8 Å². The molecule has 0 saturated carbocycles. The van der Waals surface area contributed by atoms with Gasteiger partial charge in [-0.2, -0.15) is 0 Å². The molecule has 0 atom stereocenters. The molecule has 0 aliphatic carbocycles. The van der Waals surface area contributed by atoms with E-state index in [-0.39, 0.29) is 24.4 Å². The second kappa shape index (κ2) is 10.1. The molecule has 0 spiro atoms. The van der Waals surface area contributed by atoms with Crippen molar-refractivity contribution in [3.63, 3.8) is 0 Å². The van der Waals surface area contributed by atoms with Crippen LogP contribution in [-0.2, 0) is 17.9 Å². The number of furan rings is 1. The van der Waals surface area contributed by atoms with E-state index >= 15 is 0 Å². The summed E-state index contributed by atoms with van der Waals surface area (Å²) in [6.07, 6.45) is 0. The number of benzene rings is 2. The Morgan fingerprint density at radius 1 is 0.871 bits per heavy atom. The van der Waals surface area contributed by atoms with Crippen molar-refractivity contribution >= 4 is 11.8 Å². The Labute approximate surface area is 184 Å².